The zero-order valence-electron chi connectivity index (χ0n) is 9.27. The van der Waals surface area contributed by atoms with Crippen LogP contribution in [0.15, 0.2) is 22.8 Å². The molecule has 0 aliphatic rings. The van der Waals surface area contributed by atoms with Crippen molar-refractivity contribution in [3.05, 3.63) is 24.2 Å². The molecule has 1 aromatic rings. The van der Waals surface area contributed by atoms with Gasteiger partial charge in [0.15, 0.2) is 0 Å². The predicted octanol–water partition coefficient (Wildman–Crippen LogP) is 2.04. The Hall–Kier alpha value is -0.450. The Morgan fingerprint density at radius 1 is 1.60 bits per heavy atom. The van der Waals surface area contributed by atoms with Gasteiger partial charge in [0.25, 0.3) is 0 Å². The van der Waals surface area contributed by atoms with Gasteiger partial charge in [-0.2, -0.15) is 11.8 Å². The summed E-state index contributed by atoms with van der Waals surface area (Å²) in [5.41, 5.74) is 0. The lowest BCUT2D eigenvalue weighted by Crippen LogP contribution is -2.30. The molecule has 0 aliphatic carbocycles. The van der Waals surface area contributed by atoms with Crippen molar-refractivity contribution >= 4 is 11.8 Å². The van der Waals surface area contributed by atoms with Crippen molar-refractivity contribution in [2.24, 2.45) is 0 Å². The maximum absolute atomic E-state index is 9.72. The zero-order chi connectivity index (χ0) is 11.1. The van der Waals surface area contributed by atoms with Crippen LogP contribution >= 0.6 is 11.8 Å². The molecule has 0 bridgehead atoms. The molecule has 4 heteroatoms. The summed E-state index contributed by atoms with van der Waals surface area (Å²) in [4.78, 5) is 0. The number of aliphatic hydroxyl groups excluding tert-OH is 1. The van der Waals surface area contributed by atoms with Crippen molar-refractivity contribution in [1.29, 1.82) is 0 Å². The van der Waals surface area contributed by atoms with E-state index >= 15 is 0 Å². The van der Waals surface area contributed by atoms with Crippen molar-refractivity contribution in [3.8, 4) is 0 Å². The summed E-state index contributed by atoms with van der Waals surface area (Å²) in [6.07, 6.45) is 4.25. The average molecular weight is 229 g/mol. The van der Waals surface area contributed by atoms with Gasteiger partial charge in [-0.05, 0) is 37.5 Å². The van der Waals surface area contributed by atoms with E-state index in [9.17, 15) is 5.11 Å². The second-order valence-corrected chi connectivity index (χ2v) is 4.61. The molecule has 1 rings (SSSR count). The number of rotatable bonds is 7. The quantitative estimate of drug-likeness (QED) is 0.751. The molecule has 2 unspecified atom stereocenters. The second-order valence-electron chi connectivity index (χ2n) is 3.62. The highest BCUT2D eigenvalue weighted by atomic mass is 32.2. The molecular formula is C11H19NO2S. The summed E-state index contributed by atoms with van der Waals surface area (Å²) >= 11 is 1.84. The SMILES string of the molecule is CSCCC(C)NCC(O)c1ccco1. The molecule has 0 radical (unpaired) electrons. The van der Waals surface area contributed by atoms with Crippen LogP contribution < -0.4 is 5.32 Å². The minimum atomic E-state index is -0.545. The van der Waals surface area contributed by atoms with E-state index in [0.717, 1.165) is 12.2 Å². The van der Waals surface area contributed by atoms with Gasteiger partial charge in [0.05, 0.1) is 6.26 Å². The normalized spacial score (nSPS) is 15.1. The molecule has 2 atom stereocenters. The molecule has 3 nitrogen and oxygen atoms in total. The molecule has 0 amide bonds. The van der Waals surface area contributed by atoms with Gasteiger partial charge in [-0.3, -0.25) is 0 Å². The lowest BCUT2D eigenvalue weighted by Gasteiger charge is -2.15. The first kappa shape index (κ1) is 12.6. The van der Waals surface area contributed by atoms with E-state index in [-0.39, 0.29) is 0 Å². The third-order valence-electron chi connectivity index (χ3n) is 2.29. The summed E-state index contributed by atoms with van der Waals surface area (Å²) in [5, 5.41) is 13.0. The van der Waals surface area contributed by atoms with Gasteiger partial charge in [-0.1, -0.05) is 0 Å². The molecule has 1 aromatic heterocycles. The number of furan rings is 1. The Labute approximate surface area is 95.2 Å². The molecule has 0 saturated heterocycles. The Morgan fingerprint density at radius 3 is 3.00 bits per heavy atom. The van der Waals surface area contributed by atoms with Crippen LogP contribution in [0.1, 0.15) is 25.2 Å². The van der Waals surface area contributed by atoms with E-state index in [1.165, 1.54) is 0 Å². The van der Waals surface area contributed by atoms with Crippen molar-refractivity contribution in [2.45, 2.75) is 25.5 Å². The third-order valence-corrected chi connectivity index (χ3v) is 2.93. The smallest absolute Gasteiger partial charge is 0.133 e. The van der Waals surface area contributed by atoms with Gasteiger partial charge < -0.3 is 14.8 Å². The minimum Gasteiger partial charge on any atom is -0.467 e. The Morgan fingerprint density at radius 2 is 2.40 bits per heavy atom. The number of aliphatic hydroxyl groups is 1. The number of hydrogen-bond acceptors (Lipinski definition) is 4. The standard InChI is InChI=1S/C11H19NO2S/c1-9(5-7-15-2)12-8-10(13)11-4-3-6-14-11/h3-4,6,9-10,12-13H,5,7-8H2,1-2H3. The predicted molar refractivity (Wildman–Crippen MR) is 64.1 cm³/mol. The van der Waals surface area contributed by atoms with E-state index in [1.54, 1.807) is 18.4 Å². The van der Waals surface area contributed by atoms with Gasteiger partial charge in [0.1, 0.15) is 11.9 Å². The first-order valence-corrected chi connectivity index (χ1v) is 6.57. The maximum atomic E-state index is 9.72. The lowest BCUT2D eigenvalue weighted by atomic mass is 10.2. The van der Waals surface area contributed by atoms with Crippen LogP contribution in [0, 0.1) is 0 Å². The van der Waals surface area contributed by atoms with E-state index in [1.807, 2.05) is 11.8 Å². The van der Waals surface area contributed by atoms with Crippen LogP contribution in [0.25, 0.3) is 0 Å². The van der Waals surface area contributed by atoms with Crippen molar-refractivity contribution < 1.29 is 9.52 Å². The van der Waals surface area contributed by atoms with Crippen LogP contribution in [0.2, 0.25) is 0 Å². The molecule has 2 N–H and O–H groups in total. The highest BCUT2D eigenvalue weighted by Gasteiger charge is 2.11. The second kappa shape index (κ2) is 6.93. The Bertz CT molecular complexity index is 251. The third kappa shape index (κ3) is 4.73. The summed E-state index contributed by atoms with van der Waals surface area (Å²) in [5.74, 6) is 1.77. The first-order valence-electron chi connectivity index (χ1n) is 5.18. The molecular weight excluding hydrogens is 210 g/mol. The fraction of sp³-hybridized carbons (Fsp3) is 0.636. The molecule has 0 fully saturated rings. The average Bonchev–Trinajstić information content (AvgIpc) is 2.76. The van der Waals surface area contributed by atoms with Gasteiger partial charge >= 0.3 is 0 Å². The summed E-state index contributed by atoms with van der Waals surface area (Å²) in [6.45, 7) is 2.67. The van der Waals surface area contributed by atoms with Gasteiger partial charge in [-0.25, -0.2) is 0 Å². The first-order chi connectivity index (χ1) is 7.24. The molecule has 0 aliphatic heterocycles. The Balaban J connectivity index is 2.19. The fourth-order valence-corrected chi connectivity index (χ4v) is 1.88. The monoisotopic (exact) mass is 229 g/mol. The van der Waals surface area contributed by atoms with Gasteiger partial charge in [0.2, 0.25) is 0 Å². The van der Waals surface area contributed by atoms with E-state index in [4.69, 9.17) is 4.42 Å². The maximum Gasteiger partial charge on any atom is 0.133 e. The molecule has 86 valence electrons. The van der Waals surface area contributed by atoms with Crippen LogP contribution in [0.5, 0.6) is 0 Å². The van der Waals surface area contributed by atoms with E-state index in [2.05, 4.69) is 18.5 Å². The number of nitrogens with one attached hydrogen (secondary N) is 1. The Kier molecular flexibility index (Phi) is 5.83. The van der Waals surface area contributed by atoms with Crippen LogP contribution in [-0.4, -0.2) is 29.7 Å². The van der Waals surface area contributed by atoms with Crippen LogP contribution in [-0.2, 0) is 0 Å². The molecule has 0 aromatic carbocycles. The van der Waals surface area contributed by atoms with Crippen LogP contribution in [0.4, 0.5) is 0 Å². The number of thioether (sulfide) groups is 1. The van der Waals surface area contributed by atoms with Crippen molar-refractivity contribution in [2.75, 3.05) is 18.6 Å². The van der Waals surface area contributed by atoms with Crippen LogP contribution in [0.3, 0.4) is 0 Å². The van der Waals surface area contributed by atoms with Gasteiger partial charge in [-0.15, -0.1) is 0 Å². The number of hydrogen-bond donors (Lipinski definition) is 2. The summed E-state index contributed by atoms with van der Waals surface area (Å²) in [6, 6.07) is 4.01. The zero-order valence-corrected chi connectivity index (χ0v) is 10.1. The topological polar surface area (TPSA) is 45.4 Å². The summed E-state index contributed by atoms with van der Waals surface area (Å²) < 4.78 is 5.11. The van der Waals surface area contributed by atoms with Crippen molar-refractivity contribution in [3.63, 3.8) is 0 Å². The van der Waals surface area contributed by atoms with Gasteiger partial charge in [0, 0.05) is 12.6 Å². The lowest BCUT2D eigenvalue weighted by molar-refractivity contribution is 0.144. The largest absolute Gasteiger partial charge is 0.467 e. The molecule has 15 heavy (non-hydrogen) atoms. The summed E-state index contributed by atoms with van der Waals surface area (Å²) in [7, 11) is 0. The van der Waals surface area contributed by atoms with E-state index < -0.39 is 6.10 Å². The van der Waals surface area contributed by atoms with E-state index in [0.29, 0.717) is 18.3 Å². The fourth-order valence-electron chi connectivity index (χ4n) is 1.29. The minimum absolute atomic E-state index is 0.432. The molecule has 0 saturated carbocycles. The molecule has 0 spiro atoms. The highest BCUT2D eigenvalue weighted by molar-refractivity contribution is 7.98. The van der Waals surface area contributed by atoms with Crippen molar-refractivity contribution in [1.82, 2.24) is 5.32 Å². The molecule has 1 heterocycles. The highest BCUT2D eigenvalue weighted by Crippen LogP contribution is 2.12.